The molecule has 3 aromatic carbocycles. The number of anilines is 1. The third-order valence-electron chi connectivity index (χ3n) is 4.47. The summed E-state index contributed by atoms with van der Waals surface area (Å²) in [4.78, 5) is 15.5. The Labute approximate surface area is 151 Å². The Morgan fingerprint density at radius 3 is 2.52 bits per heavy atom. The molecule has 0 atom stereocenters. The van der Waals surface area contributed by atoms with Crippen LogP contribution in [-0.4, -0.2) is 10.7 Å². The van der Waals surface area contributed by atoms with E-state index in [-0.39, 0.29) is 28.1 Å². The maximum Gasteiger partial charge on any atom is 0.416 e. The summed E-state index contributed by atoms with van der Waals surface area (Å²) < 4.78 is 39.2. The molecule has 0 aliphatic rings. The van der Waals surface area contributed by atoms with Crippen molar-refractivity contribution in [2.45, 2.75) is 6.18 Å². The average Bonchev–Trinajstić information content (AvgIpc) is 3.30. The van der Waals surface area contributed by atoms with Crippen molar-refractivity contribution in [3.8, 4) is 11.1 Å². The summed E-state index contributed by atoms with van der Waals surface area (Å²) >= 11 is 0. The topological polar surface area (TPSA) is 79.8 Å². The van der Waals surface area contributed by atoms with Crippen LogP contribution in [0.2, 0.25) is 0 Å². The van der Waals surface area contributed by atoms with Gasteiger partial charge >= 0.3 is 6.18 Å². The Kier molecular flexibility index (Phi) is 3.62. The van der Waals surface area contributed by atoms with E-state index in [1.165, 1.54) is 24.4 Å². The van der Waals surface area contributed by atoms with Gasteiger partial charge in [-0.25, -0.2) is 4.98 Å². The molecule has 0 saturated heterocycles. The van der Waals surface area contributed by atoms with Crippen molar-refractivity contribution >= 4 is 22.3 Å². The van der Waals surface area contributed by atoms with Crippen LogP contribution in [0, 0.1) is 5.41 Å². The van der Waals surface area contributed by atoms with Crippen LogP contribution >= 0.6 is 0 Å². The summed E-state index contributed by atoms with van der Waals surface area (Å²) in [5.41, 5.74) is 6.43. The molecule has 4 rings (SSSR count). The van der Waals surface area contributed by atoms with Gasteiger partial charge in [0, 0.05) is 22.5 Å². The smallest absolute Gasteiger partial charge is 0.383 e. The van der Waals surface area contributed by atoms with Gasteiger partial charge < -0.3 is 5.73 Å². The van der Waals surface area contributed by atoms with E-state index in [4.69, 9.17) is 11.1 Å². The van der Waals surface area contributed by atoms with E-state index >= 15 is 0 Å². The molecule has 1 aromatic heterocycles. The largest absolute Gasteiger partial charge is 0.416 e. The first-order valence-corrected chi connectivity index (χ1v) is 7.97. The number of rotatable bonds is 3. The van der Waals surface area contributed by atoms with Gasteiger partial charge in [-0.2, -0.15) is 13.2 Å². The van der Waals surface area contributed by atoms with Crippen molar-refractivity contribution < 1.29 is 13.2 Å². The standard InChI is InChI=1S/C20H12F3N3O/c21-20(22,23)12-3-1-2-10(8-12)13-6-7-26-19(25)16(13)17(24)11-4-5-14-15(9-11)18(14)27/h1-9,24H,(H2,25,26). The van der Waals surface area contributed by atoms with Crippen LogP contribution in [0.1, 0.15) is 16.7 Å². The van der Waals surface area contributed by atoms with Crippen LogP contribution < -0.4 is 11.2 Å². The number of hydrogen-bond donors (Lipinski definition) is 2. The number of nitrogens with one attached hydrogen (secondary N) is 1. The maximum absolute atomic E-state index is 13.1. The number of hydrogen-bond acceptors (Lipinski definition) is 4. The highest BCUT2D eigenvalue weighted by Gasteiger charge is 2.31. The molecule has 4 nitrogen and oxygen atoms in total. The fourth-order valence-electron chi connectivity index (χ4n) is 3.03. The molecule has 0 spiro atoms. The molecule has 0 radical (unpaired) electrons. The first kappa shape index (κ1) is 17.0. The molecule has 0 fully saturated rings. The van der Waals surface area contributed by atoms with E-state index in [1.807, 2.05) is 0 Å². The van der Waals surface area contributed by atoms with E-state index in [1.54, 1.807) is 18.2 Å². The SMILES string of the molecule is N=C(c1ccc2c(=O)c2c1)c1c(-c2cccc(C(F)(F)F)c2)ccnc1N. The molecular weight excluding hydrogens is 355 g/mol. The van der Waals surface area contributed by atoms with Gasteiger partial charge in [-0.1, -0.05) is 18.2 Å². The average molecular weight is 367 g/mol. The van der Waals surface area contributed by atoms with Crippen LogP contribution in [0.4, 0.5) is 19.0 Å². The van der Waals surface area contributed by atoms with E-state index in [9.17, 15) is 18.0 Å². The summed E-state index contributed by atoms with van der Waals surface area (Å²) in [6.07, 6.45) is -3.09. The van der Waals surface area contributed by atoms with Gasteiger partial charge in [-0.3, -0.25) is 10.2 Å². The highest BCUT2D eigenvalue weighted by atomic mass is 19.4. The van der Waals surface area contributed by atoms with Crippen LogP contribution in [0.3, 0.4) is 0 Å². The molecule has 0 amide bonds. The Hall–Kier alpha value is -3.48. The molecule has 0 aliphatic heterocycles. The Bertz CT molecular complexity index is 1220. The van der Waals surface area contributed by atoms with Crippen molar-refractivity contribution in [3.63, 3.8) is 0 Å². The highest BCUT2D eigenvalue weighted by Crippen LogP contribution is 2.34. The zero-order valence-electron chi connectivity index (χ0n) is 13.8. The number of nitrogens with two attached hydrogens (primary N) is 1. The van der Waals surface area contributed by atoms with Gasteiger partial charge in [0.2, 0.25) is 0 Å². The third kappa shape index (κ3) is 2.87. The molecule has 4 aromatic rings. The predicted octanol–water partition coefficient (Wildman–Crippen LogP) is 4.15. The van der Waals surface area contributed by atoms with Crippen LogP contribution in [0.5, 0.6) is 0 Å². The van der Waals surface area contributed by atoms with Crippen molar-refractivity contribution in [3.05, 3.63) is 81.6 Å². The lowest BCUT2D eigenvalue weighted by atomic mass is 9.93. The molecule has 0 bridgehead atoms. The molecule has 0 unspecified atom stereocenters. The molecule has 1 heterocycles. The Morgan fingerprint density at radius 1 is 1.04 bits per heavy atom. The zero-order chi connectivity index (χ0) is 19.3. The predicted molar refractivity (Wildman–Crippen MR) is 97.6 cm³/mol. The summed E-state index contributed by atoms with van der Waals surface area (Å²) in [6, 6.07) is 11.2. The molecule has 134 valence electrons. The molecular formula is C20H12F3N3O. The quantitative estimate of drug-likeness (QED) is 0.534. The van der Waals surface area contributed by atoms with Gasteiger partial charge in [-0.15, -0.1) is 0 Å². The van der Waals surface area contributed by atoms with E-state index in [0.29, 0.717) is 21.9 Å². The van der Waals surface area contributed by atoms with Gasteiger partial charge in [0.1, 0.15) is 5.82 Å². The van der Waals surface area contributed by atoms with E-state index < -0.39 is 11.7 Å². The normalized spacial score (nSPS) is 12.0. The number of alkyl halides is 3. The second kappa shape index (κ2) is 5.77. The summed E-state index contributed by atoms with van der Waals surface area (Å²) in [6.45, 7) is 0. The maximum atomic E-state index is 13.1. The van der Waals surface area contributed by atoms with E-state index in [2.05, 4.69) is 4.98 Å². The Balaban J connectivity index is 1.85. The van der Waals surface area contributed by atoms with E-state index in [0.717, 1.165) is 12.1 Å². The molecule has 3 N–H and O–H groups in total. The lowest BCUT2D eigenvalue weighted by molar-refractivity contribution is -0.137. The molecule has 7 heteroatoms. The number of nitrogens with zero attached hydrogens (tertiary/aromatic N) is 1. The van der Waals surface area contributed by atoms with Crippen molar-refractivity contribution in [1.82, 2.24) is 4.98 Å². The zero-order valence-corrected chi connectivity index (χ0v) is 13.8. The van der Waals surface area contributed by atoms with Crippen LogP contribution in [0.15, 0.2) is 59.5 Å². The van der Waals surface area contributed by atoms with Crippen LogP contribution in [0.25, 0.3) is 21.9 Å². The summed E-state index contributed by atoms with van der Waals surface area (Å²) in [7, 11) is 0. The fourth-order valence-corrected chi connectivity index (χ4v) is 3.03. The molecule has 27 heavy (non-hydrogen) atoms. The molecule has 0 aliphatic carbocycles. The first-order valence-electron chi connectivity index (χ1n) is 7.97. The monoisotopic (exact) mass is 367 g/mol. The lowest BCUT2D eigenvalue weighted by Crippen LogP contribution is -2.10. The highest BCUT2D eigenvalue weighted by molar-refractivity contribution is 6.18. The minimum atomic E-state index is -4.48. The van der Waals surface area contributed by atoms with Crippen molar-refractivity contribution in [2.75, 3.05) is 5.73 Å². The van der Waals surface area contributed by atoms with Gasteiger partial charge in [0.25, 0.3) is 0 Å². The molecule has 0 saturated carbocycles. The van der Waals surface area contributed by atoms with Gasteiger partial charge in [-0.05, 0) is 41.5 Å². The van der Waals surface area contributed by atoms with Crippen molar-refractivity contribution in [2.24, 2.45) is 0 Å². The van der Waals surface area contributed by atoms with Gasteiger partial charge in [0.05, 0.1) is 16.8 Å². The Morgan fingerprint density at radius 2 is 1.81 bits per heavy atom. The number of halogens is 3. The second-order valence-corrected chi connectivity index (χ2v) is 6.16. The first-order chi connectivity index (χ1) is 12.8. The second-order valence-electron chi connectivity index (χ2n) is 6.16. The minimum absolute atomic E-state index is 0.00416. The number of benzene rings is 2. The third-order valence-corrected chi connectivity index (χ3v) is 4.47. The number of pyridine rings is 1. The number of nitrogen functional groups attached to an aromatic ring is 1. The number of fused-ring (bicyclic) bond motifs is 1. The minimum Gasteiger partial charge on any atom is -0.383 e. The summed E-state index contributed by atoms with van der Waals surface area (Å²) in [5, 5.41) is 9.67. The van der Waals surface area contributed by atoms with Gasteiger partial charge in [0.15, 0.2) is 5.43 Å². The van der Waals surface area contributed by atoms with Crippen LogP contribution in [-0.2, 0) is 6.18 Å². The summed E-state index contributed by atoms with van der Waals surface area (Å²) in [5.74, 6) is 0.0334. The van der Waals surface area contributed by atoms with Crippen molar-refractivity contribution in [1.29, 1.82) is 5.41 Å². The fraction of sp³-hybridized carbons (Fsp3) is 0.0500. The lowest BCUT2D eigenvalue weighted by Gasteiger charge is -2.14. The number of aromatic nitrogens is 1.